The van der Waals surface area contributed by atoms with Crippen molar-refractivity contribution in [2.75, 3.05) is 0 Å². The SMILES string of the molecule is CCC(CC)n1c(=O)[nH]c(Cl)c(-c2ccccc2)c1=O. The lowest BCUT2D eigenvalue weighted by atomic mass is 10.1. The molecular formula is C15H17ClN2O2. The van der Waals surface area contributed by atoms with Crippen molar-refractivity contribution in [3.63, 3.8) is 0 Å². The van der Waals surface area contributed by atoms with Crippen LogP contribution in [0.4, 0.5) is 0 Å². The van der Waals surface area contributed by atoms with Crippen LogP contribution in [0.25, 0.3) is 11.1 Å². The normalized spacial score (nSPS) is 11.0. The lowest BCUT2D eigenvalue weighted by Gasteiger charge is -2.16. The van der Waals surface area contributed by atoms with E-state index < -0.39 is 5.69 Å². The van der Waals surface area contributed by atoms with Crippen LogP contribution in [0.3, 0.4) is 0 Å². The first-order chi connectivity index (χ1) is 9.60. The maximum absolute atomic E-state index is 12.6. The second-order valence-electron chi connectivity index (χ2n) is 4.63. The largest absolute Gasteiger partial charge is 0.329 e. The van der Waals surface area contributed by atoms with Gasteiger partial charge in [0.05, 0.1) is 5.56 Å². The summed E-state index contributed by atoms with van der Waals surface area (Å²) in [6.07, 6.45) is 1.44. The van der Waals surface area contributed by atoms with Crippen molar-refractivity contribution in [3.05, 3.63) is 56.3 Å². The lowest BCUT2D eigenvalue weighted by Crippen LogP contribution is -2.38. The van der Waals surface area contributed by atoms with E-state index in [1.54, 1.807) is 12.1 Å². The van der Waals surface area contributed by atoms with E-state index in [2.05, 4.69) is 4.98 Å². The molecule has 0 aliphatic carbocycles. The molecule has 106 valence electrons. The fraction of sp³-hybridized carbons (Fsp3) is 0.333. The van der Waals surface area contributed by atoms with Crippen LogP contribution in [0.2, 0.25) is 5.15 Å². The zero-order valence-electron chi connectivity index (χ0n) is 11.5. The van der Waals surface area contributed by atoms with Crippen LogP contribution < -0.4 is 11.2 Å². The number of hydrogen-bond acceptors (Lipinski definition) is 2. The van der Waals surface area contributed by atoms with Gasteiger partial charge in [-0.3, -0.25) is 14.3 Å². The van der Waals surface area contributed by atoms with Crippen LogP contribution in [0, 0.1) is 0 Å². The second-order valence-corrected chi connectivity index (χ2v) is 5.01. The number of halogens is 1. The molecule has 20 heavy (non-hydrogen) atoms. The molecule has 2 rings (SSSR count). The van der Waals surface area contributed by atoms with Gasteiger partial charge in [0.2, 0.25) is 0 Å². The molecule has 1 heterocycles. The van der Waals surface area contributed by atoms with Crippen molar-refractivity contribution < 1.29 is 0 Å². The number of aromatic amines is 1. The molecule has 2 aromatic rings. The van der Waals surface area contributed by atoms with E-state index in [0.29, 0.717) is 11.1 Å². The summed E-state index contributed by atoms with van der Waals surface area (Å²) in [4.78, 5) is 27.2. The highest BCUT2D eigenvalue weighted by Gasteiger charge is 2.18. The molecule has 0 amide bonds. The van der Waals surface area contributed by atoms with E-state index in [0.717, 1.165) is 12.8 Å². The maximum Gasteiger partial charge on any atom is 0.329 e. The van der Waals surface area contributed by atoms with Crippen molar-refractivity contribution in [2.24, 2.45) is 0 Å². The summed E-state index contributed by atoms with van der Waals surface area (Å²) >= 11 is 6.06. The number of rotatable bonds is 4. The van der Waals surface area contributed by atoms with Gasteiger partial charge >= 0.3 is 5.69 Å². The topological polar surface area (TPSA) is 54.9 Å². The Morgan fingerprint density at radius 3 is 2.30 bits per heavy atom. The first-order valence-electron chi connectivity index (χ1n) is 6.69. The highest BCUT2D eigenvalue weighted by molar-refractivity contribution is 6.32. The van der Waals surface area contributed by atoms with E-state index in [1.165, 1.54) is 4.57 Å². The van der Waals surface area contributed by atoms with E-state index in [-0.39, 0.29) is 16.8 Å². The van der Waals surface area contributed by atoms with Crippen LogP contribution in [-0.2, 0) is 0 Å². The molecule has 0 unspecified atom stereocenters. The number of hydrogen-bond donors (Lipinski definition) is 1. The highest BCUT2D eigenvalue weighted by Crippen LogP contribution is 2.22. The van der Waals surface area contributed by atoms with Gasteiger partial charge in [-0.15, -0.1) is 0 Å². The third kappa shape index (κ3) is 2.56. The number of aromatic nitrogens is 2. The minimum absolute atomic E-state index is 0.0911. The zero-order valence-corrected chi connectivity index (χ0v) is 12.3. The van der Waals surface area contributed by atoms with Gasteiger partial charge in [-0.25, -0.2) is 4.79 Å². The summed E-state index contributed by atoms with van der Waals surface area (Å²) in [5, 5.41) is 0.0911. The van der Waals surface area contributed by atoms with Gasteiger partial charge < -0.3 is 0 Å². The molecule has 1 aromatic carbocycles. The summed E-state index contributed by atoms with van der Waals surface area (Å²) < 4.78 is 1.27. The Hall–Kier alpha value is -1.81. The van der Waals surface area contributed by atoms with Gasteiger partial charge in [-0.05, 0) is 18.4 Å². The van der Waals surface area contributed by atoms with Crippen LogP contribution in [0.5, 0.6) is 0 Å². The molecular weight excluding hydrogens is 276 g/mol. The third-order valence-electron chi connectivity index (χ3n) is 3.46. The van der Waals surface area contributed by atoms with Crippen LogP contribution in [0.15, 0.2) is 39.9 Å². The van der Waals surface area contributed by atoms with Crippen LogP contribution >= 0.6 is 11.6 Å². The minimum Gasteiger partial charge on any atom is -0.297 e. The molecule has 0 bridgehead atoms. The monoisotopic (exact) mass is 292 g/mol. The Bertz CT molecular complexity index is 700. The molecule has 0 aliphatic heterocycles. The standard InChI is InChI=1S/C15H17ClN2O2/c1-3-11(4-2)18-14(19)12(13(16)17-15(18)20)10-8-6-5-7-9-10/h5-9,11H,3-4H2,1-2H3,(H,17,20). The molecule has 1 N–H and O–H groups in total. The number of nitrogens with one attached hydrogen (secondary N) is 1. The molecule has 0 saturated heterocycles. The Balaban J connectivity index is 2.75. The van der Waals surface area contributed by atoms with Gasteiger partial charge in [0.1, 0.15) is 5.15 Å². The Labute approximate surface area is 122 Å². The first-order valence-corrected chi connectivity index (χ1v) is 7.07. The highest BCUT2D eigenvalue weighted by atomic mass is 35.5. The van der Waals surface area contributed by atoms with E-state index >= 15 is 0 Å². The molecule has 1 aromatic heterocycles. The summed E-state index contributed by atoms with van der Waals surface area (Å²) in [6, 6.07) is 9.01. The van der Waals surface area contributed by atoms with Gasteiger partial charge in [0, 0.05) is 6.04 Å². The van der Waals surface area contributed by atoms with Crippen LogP contribution in [-0.4, -0.2) is 9.55 Å². The average Bonchev–Trinajstić information content (AvgIpc) is 2.44. The fourth-order valence-corrected chi connectivity index (χ4v) is 2.63. The quantitative estimate of drug-likeness (QED) is 0.880. The minimum atomic E-state index is -0.451. The van der Waals surface area contributed by atoms with Crippen molar-refractivity contribution in [1.29, 1.82) is 0 Å². The van der Waals surface area contributed by atoms with E-state index in [1.807, 2.05) is 32.0 Å². The van der Waals surface area contributed by atoms with E-state index in [4.69, 9.17) is 11.6 Å². The molecule has 0 aliphatic rings. The molecule has 4 nitrogen and oxygen atoms in total. The molecule has 5 heteroatoms. The Kier molecular flexibility index (Phi) is 4.45. The summed E-state index contributed by atoms with van der Waals surface area (Å²) in [5.41, 5.74) is 0.268. The van der Waals surface area contributed by atoms with Gasteiger partial charge in [-0.2, -0.15) is 0 Å². The second kappa shape index (κ2) is 6.09. The van der Waals surface area contributed by atoms with Crippen molar-refractivity contribution >= 4 is 11.6 Å². The van der Waals surface area contributed by atoms with Gasteiger partial charge in [0.25, 0.3) is 5.56 Å². The van der Waals surface area contributed by atoms with Crippen LogP contribution in [0.1, 0.15) is 32.7 Å². The summed E-state index contributed by atoms with van der Waals surface area (Å²) in [5.74, 6) is 0. The fourth-order valence-electron chi connectivity index (χ4n) is 2.36. The van der Waals surface area contributed by atoms with E-state index in [9.17, 15) is 9.59 Å². The zero-order chi connectivity index (χ0) is 14.7. The third-order valence-corrected chi connectivity index (χ3v) is 3.74. The molecule has 0 fully saturated rings. The Morgan fingerprint density at radius 1 is 1.15 bits per heavy atom. The number of H-pyrrole nitrogens is 1. The summed E-state index contributed by atoms with van der Waals surface area (Å²) in [6.45, 7) is 3.91. The lowest BCUT2D eigenvalue weighted by molar-refractivity contribution is 0.440. The maximum atomic E-state index is 12.6. The predicted molar refractivity (Wildman–Crippen MR) is 81.4 cm³/mol. The van der Waals surface area contributed by atoms with Crippen molar-refractivity contribution in [2.45, 2.75) is 32.7 Å². The summed E-state index contributed by atoms with van der Waals surface area (Å²) in [7, 11) is 0. The molecule has 0 saturated carbocycles. The molecule has 0 spiro atoms. The first kappa shape index (κ1) is 14.6. The van der Waals surface area contributed by atoms with Crippen molar-refractivity contribution in [3.8, 4) is 11.1 Å². The average molecular weight is 293 g/mol. The number of benzene rings is 1. The molecule has 0 atom stereocenters. The smallest absolute Gasteiger partial charge is 0.297 e. The van der Waals surface area contributed by atoms with Gasteiger partial charge in [-0.1, -0.05) is 55.8 Å². The number of nitrogens with zero attached hydrogens (tertiary/aromatic N) is 1. The Morgan fingerprint density at radius 2 is 1.75 bits per heavy atom. The van der Waals surface area contributed by atoms with Crippen molar-refractivity contribution in [1.82, 2.24) is 9.55 Å². The predicted octanol–water partition coefficient (Wildman–Crippen LogP) is 3.22. The van der Waals surface area contributed by atoms with Gasteiger partial charge in [0.15, 0.2) is 0 Å². The molecule has 0 radical (unpaired) electrons.